The normalized spacial score (nSPS) is 17.7. The molecule has 2 aromatic carbocycles. The molecule has 0 spiro atoms. The predicted octanol–water partition coefficient (Wildman–Crippen LogP) is 2.92. The van der Waals surface area contributed by atoms with E-state index in [1.54, 1.807) is 0 Å². The van der Waals surface area contributed by atoms with Gasteiger partial charge in [0.05, 0.1) is 0 Å². The minimum absolute atomic E-state index is 0.0562. The Balaban J connectivity index is 1.90. The third kappa shape index (κ3) is 2.27. The summed E-state index contributed by atoms with van der Waals surface area (Å²) in [5.74, 6) is -0.259. The summed E-state index contributed by atoms with van der Waals surface area (Å²) < 4.78 is 0. The summed E-state index contributed by atoms with van der Waals surface area (Å²) in [5.41, 5.74) is 2.35. The van der Waals surface area contributed by atoms with Crippen molar-refractivity contribution in [1.29, 1.82) is 0 Å². The van der Waals surface area contributed by atoms with Gasteiger partial charge in [-0.2, -0.15) is 0 Å². The maximum Gasteiger partial charge on any atom is 0.175 e. The zero-order chi connectivity index (χ0) is 13.1. The topological polar surface area (TPSA) is 38.7 Å². The van der Waals surface area contributed by atoms with Gasteiger partial charge in [0.25, 0.3) is 0 Å². The van der Waals surface area contributed by atoms with E-state index in [0.29, 0.717) is 12.2 Å². The molecule has 0 aromatic heterocycles. The van der Waals surface area contributed by atoms with Crippen LogP contribution in [0.4, 0.5) is 0 Å². The summed E-state index contributed by atoms with van der Waals surface area (Å²) in [5, 5.41) is 4.03. The van der Waals surface area contributed by atoms with Crippen molar-refractivity contribution in [3.63, 3.8) is 0 Å². The van der Waals surface area contributed by atoms with E-state index in [4.69, 9.17) is 4.84 Å². The second kappa shape index (κ2) is 5.06. The van der Waals surface area contributed by atoms with E-state index in [1.807, 2.05) is 60.7 Å². The molecule has 19 heavy (non-hydrogen) atoms. The highest BCUT2D eigenvalue weighted by molar-refractivity contribution is 6.18. The van der Waals surface area contributed by atoms with Gasteiger partial charge in [0.15, 0.2) is 5.78 Å². The van der Waals surface area contributed by atoms with Crippen molar-refractivity contribution in [2.24, 2.45) is 11.1 Å². The number of benzene rings is 2. The first-order valence-electron chi connectivity index (χ1n) is 6.21. The minimum Gasteiger partial charge on any atom is -0.394 e. The molecule has 0 saturated carbocycles. The number of ketones is 1. The first-order chi connectivity index (χ1) is 9.36. The smallest absolute Gasteiger partial charge is 0.175 e. The Morgan fingerprint density at radius 3 is 2.32 bits per heavy atom. The summed E-state index contributed by atoms with van der Waals surface area (Å²) in [7, 11) is 0. The molecule has 2 aromatic rings. The number of hydrogen-bond donors (Lipinski definition) is 0. The van der Waals surface area contributed by atoms with Gasteiger partial charge in [-0.25, -0.2) is 0 Å². The Morgan fingerprint density at radius 1 is 1.00 bits per heavy atom. The van der Waals surface area contributed by atoms with E-state index in [0.717, 1.165) is 11.3 Å². The Labute approximate surface area is 111 Å². The second-order valence-corrected chi connectivity index (χ2v) is 4.42. The van der Waals surface area contributed by atoms with Crippen molar-refractivity contribution < 1.29 is 9.63 Å². The zero-order valence-corrected chi connectivity index (χ0v) is 10.3. The van der Waals surface area contributed by atoms with Gasteiger partial charge in [-0.05, 0) is 0 Å². The number of rotatable bonds is 3. The molecule has 0 aliphatic carbocycles. The first kappa shape index (κ1) is 11.7. The monoisotopic (exact) mass is 251 g/mol. The molecule has 1 heterocycles. The molecule has 1 aliphatic heterocycles. The predicted molar refractivity (Wildman–Crippen MR) is 73.2 cm³/mol. The van der Waals surface area contributed by atoms with Gasteiger partial charge in [-0.1, -0.05) is 65.8 Å². The fourth-order valence-electron chi connectivity index (χ4n) is 2.19. The molecule has 0 radical (unpaired) electrons. The van der Waals surface area contributed by atoms with E-state index in [1.165, 1.54) is 0 Å². The average Bonchev–Trinajstić information content (AvgIpc) is 2.98. The van der Waals surface area contributed by atoms with Crippen molar-refractivity contribution in [3.8, 4) is 0 Å². The van der Waals surface area contributed by atoms with Gasteiger partial charge >= 0.3 is 0 Å². The highest BCUT2D eigenvalue weighted by Gasteiger charge is 2.31. The average molecular weight is 251 g/mol. The lowest BCUT2D eigenvalue weighted by atomic mass is 9.90. The van der Waals surface area contributed by atoms with Crippen molar-refractivity contribution in [3.05, 3.63) is 71.8 Å². The molecule has 1 aliphatic rings. The highest BCUT2D eigenvalue weighted by atomic mass is 16.6. The molecule has 3 rings (SSSR count). The highest BCUT2D eigenvalue weighted by Crippen LogP contribution is 2.21. The third-order valence-electron chi connectivity index (χ3n) is 3.18. The number of nitrogens with zero attached hydrogens (tertiary/aromatic N) is 1. The fraction of sp³-hybridized carbons (Fsp3) is 0.125. The third-order valence-corrected chi connectivity index (χ3v) is 3.18. The van der Waals surface area contributed by atoms with E-state index in [2.05, 4.69) is 5.16 Å². The van der Waals surface area contributed by atoms with Crippen LogP contribution in [0.1, 0.15) is 15.9 Å². The number of carbonyl (C=O) groups excluding carboxylic acids is 1. The van der Waals surface area contributed by atoms with Crippen LogP contribution in [0.25, 0.3) is 0 Å². The number of hydrogen-bond acceptors (Lipinski definition) is 3. The molecule has 3 nitrogen and oxygen atoms in total. The summed E-state index contributed by atoms with van der Waals surface area (Å²) >= 11 is 0. The number of oxime groups is 1. The summed E-state index contributed by atoms with van der Waals surface area (Å²) in [6, 6.07) is 19.0. The Hall–Kier alpha value is -2.42. The summed E-state index contributed by atoms with van der Waals surface area (Å²) in [6.07, 6.45) is 0. The van der Waals surface area contributed by atoms with E-state index in [9.17, 15) is 4.79 Å². The Bertz CT molecular complexity index is 605. The van der Waals surface area contributed by atoms with E-state index in [-0.39, 0.29) is 11.7 Å². The maximum absolute atomic E-state index is 12.5. The first-order valence-corrected chi connectivity index (χ1v) is 6.21. The Kier molecular flexibility index (Phi) is 3.11. The van der Waals surface area contributed by atoms with Crippen LogP contribution in [0.2, 0.25) is 0 Å². The molecule has 0 amide bonds. The molecule has 1 atom stereocenters. The zero-order valence-electron chi connectivity index (χ0n) is 10.3. The lowest BCUT2D eigenvalue weighted by Gasteiger charge is -2.09. The molecular weight excluding hydrogens is 238 g/mol. The Morgan fingerprint density at radius 2 is 1.63 bits per heavy atom. The van der Waals surface area contributed by atoms with Crippen LogP contribution < -0.4 is 0 Å². The molecule has 0 unspecified atom stereocenters. The van der Waals surface area contributed by atoms with Crippen molar-refractivity contribution in [2.75, 3.05) is 6.61 Å². The summed E-state index contributed by atoms with van der Waals surface area (Å²) in [4.78, 5) is 17.6. The molecule has 0 N–H and O–H groups in total. The SMILES string of the molecule is O=C(c1ccccc1)[C@H]1CON=C1c1ccccc1. The van der Waals surface area contributed by atoms with Gasteiger partial charge in [0.1, 0.15) is 18.2 Å². The fourth-order valence-corrected chi connectivity index (χ4v) is 2.19. The van der Waals surface area contributed by atoms with Gasteiger partial charge in [-0.15, -0.1) is 0 Å². The summed E-state index contributed by atoms with van der Waals surface area (Å²) in [6.45, 7) is 0.317. The molecule has 0 bridgehead atoms. The largest absolute Gasteiger partial charge is 0.394 e. The van der Waals surface area contributed by atoms with Gasteiger partial charge in [0.2, 0.25) is 0 Å². The van der Waals surface area contributed by atoms with Crippen molar-refractivity contribution >= 4 is 11.5 Å². The lowest BCUT2D eigenvalue weighted by Crippen LogP contribution is -2.24. The van der Waals surface area contributed by atoms with Crippen LogP contribution in [0, 0.1) is 5.92 Å². The minimum atomic E-state index is -0.315. The standard InChI is InChI=1S/C16H13NO2/c18-16(13-9-5-2-6-10-13)14-11-19-17-15(14)12-7-3-1-4-8-12/h1-10,14H,11H2/t14-/m0/s1. The maximum atomic E-state index is 12.5. The molecule has 0 saturated heterocycles. The number of carbonyl (C=O) groups is 1. The molecule has 94 valence electrons. The van der Waals surface area contributed by atoms with Crippen molar-refractivity contribution in [1.82, 2.24) is 0 Å². The van der Waals surface area contributed by atoms with E-state index < -0.39 is 0 Å². The molecule has 3 heteroatoms. The van der Waals surface area contributed by atoms with Crippen LogP contribution in [-0.4, -0.2) is 18.1 Å². The van der Waals surface area contributed by atoms with Crippen LogP contribution in [0.5, 0.6) is 0 Å². The quantitative estimate of drug-likeness (QED) is 0.787. The lowest BCUT2D eigenvalue weighted by molar-refractivity contribution is 0.0886. The molecule has 0 fully saturated rings. The van der Waals surface area contributed by atoms with Gasteiger partial charge in [-0.3, -0.25) is 4.79 Å². The van der Waals surface area contributed by atoms with Crippen molar-refractivity contribution in [2.45, 2.75) is 0 Å². The van der Waals surface area contributed by atoms with Crippen LogP contribution in [-0.2, 0) is 4.84 Å². The van der Waals surface area contributed by atoms with Gasteiger partial charge < -0.3 is 4.84 Å². The van der Waals surface area contributed by atoms with E-state index >= 15 is 0 Å². The van der Waals surface area contributed by atoms with Gasteiger partial charge in [0, 0.05) is 11.1 Å². The number of Topliss-reactive ketones (excluding diaryl/α,β-unsaturated/α-hetero) is 1. The second-order valence-electron chi connectivity index (χ2n) is 4.42. The van der Waals surface area contributed by atoms with Crippen LogP contribution in [0.3, 0.4) is 0 Å². The molecular formula is C16H13NO2. The van der Waals surface area contributed by atoms with Crippen LogP contribution in [0.15, 0.2) is 65.8 Å². The van der Waals surface area contributed by atoms with Crippen LogP contribution >= 0.6 is 0 Å².